The zero-order valence-electron chi connectivity index (χ0n) is 12.9. The lowest BCUT2D eigenvalue weighted by molar-refractivity contribution is 0.528. The lowest BCUT2D eigenvalue weighted by Crippen LogP contribution is -2.34. The second kappa shape index (κ2) is 7.46. The first-order valence-corrected chi connectivity index (χ1v) is 8.63. The third-order valence-corrected chi connectivity index (χ3v) is 4.80. The standard InChI is InChI=1S/C17H25ClN2S/c1-12(2)9-10-20(13-5-3-4-6-13)14-7-8-15(17(19)21)16(18)11-14/h7-8,11-13H,3-6,9-10H2,1-2H3,(H2,19,21). The highest BCUT2D eigenvalue weighted by Crippen LogP contribution is 2.31. The fraction of sp³-hybridized carbons (Fsp3) is 0.588. The van der Waals surface area contributed by atoms with E-state index < -0.39 is 0 Å². The van der Waals surface area contributed by atoms with Crippen molar-refractivity contribution >= 4 is 34.5 Å². The van der Waals surface area contributed by atoms with Crippen molar-refractivity contribution in [2.45, 2.75) is 52.0 Å². The van der Waals surface area contributed by atoms with Gasteiger partial charge in [-0.2, -0.15) is 0 Å². The number of hydrogen-bond donors (Lipinski definition) is 1. The van der Waals surface area contributed by atoms with Crippen molar-refractivity contribution in [1.82, 2.24) is 0 Å². The molecule has 0 heterocycles. The van der Waals surface area contributed by atoms with Crippen molar-refractivity contribution in [3.05, 3.63) is 28.8 Å². The molecule has 2 N–H and O–H groups in total. The third-order valence-electron chi connectivity index (χ3n) is 4.26. The molecule has 21 heavy (non-hydrogen) atoms. The van der Waals surface area contributed by atoms with Gasteiger partial charge in [0.2, 0.25) is 0 Å². The Morgan fingerprint density at radius 2 is 2.05 bits per heavy atom. The molecule has 0 unspecified atom stereocenters. The predicted octanol–water partition coefficient (Wildman–Crippen LogP) is 4.77. The summed E-state index contributed by atoms with van der Waals surface area (Å²) in [5.41, 5.74) is 7.67. The second-order valence-corrected chi connectivity index (χ2v) is 7.19. The molecule has 0 bridgehead atoms. The van der Waals surface area contributed by atoms with Crippen LogP contribution >= 0.6 is 23.8 Å². The van der Waals surface area contributed by atoms with Crippen molar-refractivity contribution in [2.24, 2.45) is 11.7 Å². The number of rotatable bonds is 6. The highest BCUT2D eigenvalue weighted by atomic mass is 35.5. The monoisotopic (exact) mass is 324 g/mol. The molecule has 1 fully saturated rings. The average molecular weight is 325 g/mol. The van der Waals surface area contributed by atoms with Crippen LogP contribution in [-0.4, -0.2) is 17.6 Å². The number of thiocarbonyl (C=S) groups is 1. The quantitative estimate of drug-likeness (QED) is 0.764. The fourth-order valence-electron chi connectivity index (χ4n) is 3.02. The SMILES string of the molecule is CC(C)CCN(c1ccc(C(N)=S)c(Cl)c1)C1CCCC1. The minimum Gasteiger partial charge on any atom is -0.389 e. The van der Waals surface area contributed by atoms with Gasteiger partial charge in [-0.15, -0.1) is 0 Å². The molecule has 0 atom stereocenters. The van der Waals surface area contributed by atoms with Crippen LogP contribution in [0.3, 0.4) is 0 Å². The molecule has 2 rings (SSSR count). The average Bonchev–Trinajstić information content (AvgIpc) is 2.92. The molecular formula is C17H25ClN2S. The van der Waals surface area contributed by atoms with Crippen LogP contribution in [0.2, 0.25) is 5.02 Å². The lowest BCUT2D eigenvalue weighted by atomic mass is 10.1. The van der Waals surface area contributed by atoms with E-state index in [9.17, 15) is 0 Å². The second-order valence-electron chi connectivity index (χ2n) is 6.34. The lowest BCUT2D eigenvalue weighted by Gasteiger charge is -2.32. The summed E-state index contributed by atoms with van der Waals surface area (Å²) < 4.78 is 0. The normalized spacial score (nSPS) is 15.6. The largest absolute Gasteiger partial charge is 0.389 e. The van der Waals surface area contributed by atoms with E-state index >= 15 is 0 Å². The van der Waals surface area contributed by atoms with E-state index in [1.54, 1.807) is 0 Å². The maximum absolute atomic E-state index is 6.34. The summed E-state index contributed by atoms with van der Waals surface area (Å²) in [5, 5.41) is 0.660. The molecule has 1 aliphatic rings. The summed E-state index contributed by atoms with van der Waals surface area (Å²) in [4.78, 5) is 2.89. The summed E-state index contributed by atoms with van der Waals surface area (Å²) in [6.45, 7) is 5.64. The molecule has 2 nitrogen and oxygen atoms in total. The molecule has 0 radical (unpaired) electrons. The maximum atomic E-state index is 6.34. The summed E-state index contributed by atoms with van der Waals surface area (Å²) >= 11 is 11.4. The highest BCUT2D eigenvalue weighted by Gasteiger charge is 2.23. The van der Waals surface area contributed by atoms with E-state index in [1.165, 1.54) is 37.8 Å². The Bertz CT molecular complexity index is 496. The Kier molecular flexibility index (Phi) is 5.88. The number of nitrogens with zero attached hydrogens (tertiary/aromatic N) is 1. The molecule has 0 aliphatic heterocycles. The van der Waals surface area contributed by atoms with Crippen LogP contribution in [0.15, 0.2) is 18.2 Å². The molecule has 1 aromatic rings. The van der Waals surface area contributed by atoms with Gasteiger partial charge in [0.1, 0.15) is 4.99 Å². The zero-order valence-corrected chi connectivity index (χ0v) is 14.5. The van der Waals surface area contributed by atoms with Gasteiger partial charge in [-0.1, -0.05) is 50.5 Å². The number of hydrogen-bond acceptors (Lipinski definition) is 2. The van der Waals surface area contributed by atoms with Gasteiger partial charge in [0.25, 0.3) is 0 Å². The molecule has 0 saturated heterocycles. The first-order valence-electron chi connectivity index (χ1n) is 7.85. The summed E-state index contributed by atoms with van der Waals surface area (Å²) in [6.07, 6.45) is 6.44. The van der Waals surface area contributed by atoms with Gasteiger partial charge in [0.15, 0.2) is 0 Å². The molecule has 116 valence electrons. The predicted molar refractivity (Wildman–Crippen MR) is 96.4 cm³/mol. The van der Waals surface area contributed by atoms with E-state index in [4.69, 9.17) is 29.6 Å². The van der Waals surface area contributed by atoms with Crippen LogP contribution in [-0.2, 0) is 0 Å². The Balaban J connectivity index is 2.22. The van der Waals surface area contributed by atoms with E-state index in [1.807, 2.05) is 12.1 Å². The highest BCUT2D eigenvalue weighted by molar-refractivity contribution is 7.80. The van der Waals surface area contributed by atoms with E-state index in [2.05, 4.69) is 24.8 Å². The van der Waals surface area contributed by atoms with Gasteiger partial charge in [-0.05, 0) is 43.4 Å². The van der Waals surface area contributed by atoms with Gasteiger partial charge < -0.3 is 10.6 Å². The molecular weight excluding hydrogens is 300 g/mol. The Morgan fingerprint density at radius 3 is 2.57 bits per heavy atom. The Labute approximate surface area is 138 Å². The van der Waals surface area contributed by atoms with Crippen LogP contribution in [0, 0.1) is 5.92 Å². The summed E-state index contributed by atoms with van der Waals surface area (Å²) in [6, 6.07) is 6.74. The topological polar surface area (TPSA) is 29.3 Å². The van der Waals surface area contributed by atoms with Gasteiger partial charge in [-0.25, -0.2) is 0 Å². The minimum atomic E-state index is 0.362. The Morgan fingerprint density at radius 1 is 1.38 bits per heavy atom. The van der Waals surface area contributed by atoms with Gasteiger partial charge >= 0.3 is 0 Å². The minimum absolute atomic E-state index is 0.362. The van der Waals surface area contributed by atoms with Crippen LogP contribution < -0.4 is 10.6 Å². The zero-order chi connectivity index (χ0) is 15.4. The maximum Gasteiger partial charge on any atom is 0.105 e. The van der Waals surface area contributed by atoms with Crippen LogP contribution in [0.4, 0.5) is 5.69 Å². The van der Waals surface area contributed by atoms with E-state index in [0.717, 1.165) is 12.1 Å². The third kappa shape index (κ3) is 4.33. The Hall–Kier alpha value is -0.800. The van der Waals surface area contributed by atoms with E-state index in [-0.39, 0.29) is 0 Å². The molecule has 1 saturated carbocycles. The van der Waals surface area contributed by atoms with Crippen molar-refractivity contribution in [3.8, 4) is 0 Å². The van der Waals surface area contributed by atoms with Gasteiger partial charge in [-0.3, -0.25) is 0 Å². The fourth-order valence-corrected chi connectivity index (χ4v) is 3.53. The van der Waals surface area contributed by atoms with Crippen molar-refractivity contribution in [2.75, 3.05) is 11.4 Å². The van der Waals surface area contributed by atoms with Gasteiger partial charge in [0, 0.05) is 23.8 Å². The van der Waals surface area contributed by atoms with Crippen LogP contribution in [0.25, 0.3) is 0 Å². The molecule has 0 amide bonds. The number of halogens is 1. The molecule has 0 spiro atoms. The molecule has 4 heteroatoms. The first kappa shape index (κ1) is 16.6. The number of benzene rings is 1. The van der Waals surface area contributed by atoms with Crippen molar-refractivity contribution in [3.63, 3.8) is 0 Å². The summed E-state index contributed by atoms with van der Waals surface area (Å²) in [7, 11) is 0. The van der Waals surface area contributed by atoms with Crippen LogP contribution in [0.5, 0.6) is 0 Å². The first-order chi connectivity index (χ1) is 9.99. The number of nitrogens with two attached hydrogens (primary N) is 1. The van der Waals surface area contributed by atoms with E-state index in [0.29, 0.717) is 22.0 Å². The molecule has 1 aromatic carbocycles. The molecule has 0 aromatic heterocycles. The van der Waals surface area contributed by atoms with Gasteiger partial charge in [0.05, 0.1) is 5.02 Å². The molecule has 1 aliphatic carbocycles. The van der Waals surface area contributed by atoms with Crippen molar-refractivity contribution in [1.29, 1.82) is 0 Å². The summed E-state index contributed by atoms with van der Waals surface area (Å²) in [5.74, 6) is 0.709. The van der Waals surface area contributed by atoms with Crippen LogP contribution in [0.1, 0.15) is 51.5 Å². The van der Waals surface area contributed by atoms with Crippen molar-refractivity contribution < 1.29 is 0 Å². The smallest absolute Gasteiger partial charge is 0.105 e. The number of anilines is 1.